The zero-order valence-electron chi connectivity index (χ0n) is 14.0. The molecule has 5 heteroatoms. The van der Waals surface area contributed by atoms with Crippen LogP contribution >= 0.6 is 0 Å². The maximum atomic E-state index is 13.4. The van der Waals surface area contributed by atoms with Gasteiger partial charge in [0.2, 0.25) is 0 Å². The highest BCUT2D eigenvalue weighted by Crippen LogP contribution is 2.26. The van der Waals surface area contributed by atoms with Crippen molar-refractivity contribution in [2.75, 3.05) is 20.3 Å². The van der Waals surface area contributed by atoms with E-state index in [4.69, 9.17) is 4.74 Å². The van der Waals surface area contributed by atoms with Crippen LogP contribution in [0.15, 0.2) is 18.2 Å². The van der Waals surface area contributed by atoms with E-state index in [2.05, 4.69) is 5.32 Å². The molecule has 0 radical (unpaired) electrons. The lowest BCUT2D eigenvalue weighted by Gasteiger charge is -2.35. The van der Waals surface area contributed by atoms with Gasteiger partial charge in [-0.3, -0.25) is 0 Å². The van der Waals surface area contributed by atoms with E-state index in [1.54, 1.807) is 13.2 Å². The van der Waals surface area contributed by atoms with E-state index in [1.165, 1.54) is 6.07 Å². The molecule has 0 aromatic heterocycles. The Balaban J connectivity index is 2.82. The van der Waals surface area contributed by atoms with Gasteiger partial charge in [0.05, 0.1) is 18.8 Å². The molecule has 22 heavy (non-hydrogen) atoms. The molecule has 2 atom stereocenters. The van der Waals surface area contributed by atoms with Gasteiger partial charge in [-0.05, 0) is 23.6 Å². The molecule has 0 saturated heterocycles. The third kappa shape index (κ3) is 5.00. The minimum Gasteiger partial charge on any atom is -0.392 e. The van der Waals surface area contributed by atoms with Gasteiger partial charge in [-0.1, -0.05) is 33.8 Å². The zero-order chi connectivity index (χ0) is 16.9. The molecular formula is C17H27F2NO2. The van der Waals surface area contributed by atoms with Crippen LogP contribution in [0.25, 0.3) is 0 Å². The third-order valence-electron chi connectivity index (χ3n) is 3.92. The molecule has 1 aromatic carbocycles. The maximum Gasteiger partial charge on any atom is 0.159 e. The number of aliphatic hydroxyl groups excluding tert-OH is 1. The average molecular weight is 315 g/mol. The molecule has 1 aromatic rings. The summed E-state index contributed by atoms with van der Waals surface area (Å²) in [4.78, 5) is 0. The second-order valence-electron chi connectivity index (χ2n) is 6.74. The first-order valence-corrected chi connectivity index (χ1v) is 7.54. The predicted molar refractivity (Wildman–Crippen MR) is 83.6 cm³/mol. The number of methoxy groups -OCH3 is 1. The number of nitrogens with one attached hydrogen (secondary N) is 1. The number of hydrogen-bond acceptors (Lipinski definition) is 3. The van der Waals surface area contributed by atoms with Gasteiger partial charge in [0, 0.05) is 19.1 Å². The van der Waals surface area contributed by atoms with Crippen LogP contribution in [0.4, 0.5) is 8.78 Å². The van der Waals surface area contributed by atoms with Crippen molar-refractivity contribution in [3.63, 3.8) is 0 Å². The van der Waals surface area contributed by atoms with Crippen LogP contribution in [0, 0.1) is 23.0 Å². The van der Waals surface area contributed by atoms with Gasteiger partial charge in [-0.15, -0.1) is 0 Å². The Morgan fingerprint density at radius 2 is 1.86 bits per heavy atom. The number of aliphatic hydroxyl groups is 1. The highest BCUT2D eigenvalue weighted by atomic mass is 19.2. The molecule has 126 valence electrons. The summed E-state index contributed by atoms with van der Waals surface area (Å²) < 4.78 is 31.6. The van der Waals surface area contributed by atoms with Crippen molar-refractivity contribution < 1.29 is 18.6 Å². The summed E-state index contributed by atoms with van der Waals surface area (Å²) >= 11 is 0. The number of ether oxygens (including phenoxy) is 1. The summed E-state index contributed by atoms with van der Waals surface area (Å²) in [6, 6.07) is 3.57. The molecule has 0 aliphatic carbocycles. The first kappa shape index (κ1) is 19.0. The van der Waals surface area contributed by atoms with Crippen molar-refractivity contribution in [3.05, 3.63) is 35.4 Å². The largest absolute Gasteiger partial charge is 0.392 e. The van der Waals surface area contributed by atoms with E-state index in [0.29, 0.717) is 18.7 Å². The van der Waals surface area contributed by atoms with Crippen LogP contribution in [0.1, 0.15) is 39.3 Å². The van der Waals surface area contributed by atoms with Crippen LogP contribution in [0.2, 0.25) is 0 Å². The second-order valence-corrected chi connectivity index (χ2v) is 6.74. The van der Waals surface area contributed by atoms with Crippen molar-refractivity contribution in [2.45, 2.75) is 39.8 Å². The van der Waals surface area contributed by atoms with Gasteiger partial charge in [-0.25, -0.2) is 8.78 Å². The Kier molecular flexibility index (Phi) is 6.91. The lowest BCUT2D eigenvalue weighted by molar-refractivity contribution is 0.0103. The summed E-state index contributed by atoms with van der Waals surface area (Å²) in [5.41, 5.74) is 0.272. The first-order chi connectivity index (χ1) is 10.2. The van der Waals surface area contributed by atoms with E-state index >= 15 is 0 Å². The van der Waals surface area contributed by atoms with Crippen molar-refractivity contribution in [1.29, 1.82) is 0 Å². The Hall–Kier alpha value is -1.04. The Morgan fingerprint density at radius 1 is 1.23 bits per heavy atom. The van der Waals surface area contributed by atoms with Crippen molar-refractivity contribution in [3.8, 4) is 0 Å². The molecule has 2 unspecified atom stereocenters. The highest BCUT2D eigenvalue weighted by molar-refractivity contribution is 5.21. The monoisotopic (exact) mass is 315 g/mol. The van der Waals surface area contributed by atoms with E-state index in [9.17, 15) is 13.9 Å². The van der Waals surface area contributed by atoms with E-state index < -0.39 is 17.7 Å². The van der Waals surface area contributed by atoms with Crippen LogP contribution in [0.5, 0.6) is 0 Å². The van der Waals surface area contributed by atoms with E-state index in [0.717, 1.165) is 6.07 Å². The molecule has 0 aliphatic heterocycles. The first-order valence-electron chi connectivity index (χ1n) is 7.54. The van der Waals surface area contributed by atoms with Gasteiger partial charge >= 0.3 is 0 Å². The van der Waals surface area contributed by atoms with Crippen molar-refractivity contribution in [1.82, 2.24) is 5.32 Å². The third-order valence-corrected chi connectivity index (χ3v) is 3.92. The van der Waals surface area contributed by atoms with E-state index in [-0.39, 0.29) is 17.4 Å². The summed E-state index contributed by atoms with van der Waals surface area (Å²) in [5, 5.41) is 13.6. The van der Waals surface area contributed by atoms with E-state index in [1.807, 2.05) is 27.7 Å². The fourth-order valence-electron chi connectivity index (χ4n) is 2.56. The lowest BCUT2D eigenvalue weighted by Crippen LogP contribution is -2.43. The molecule has 0 heterocycles. The molecular weight excluding hydrogens is 288 g/mol. The zero-order valence-corrected chi connectivity index (χ0v) is 14.0. The standard InChI is InChI=1S/C17H27F2NO2/c1-11(2)16(21)17(3,4)10-20-15(9-22-5)12-6-7-13(18)14(19)8-12/h6-8,11,15-16,20-21H,9-10H2,1-5H3. The van der Waals surface area contributed by atoms with Gasteiger partial charge < -0.3 is 15.2 Å². The van der Waals surface area contributed by atoms with Crippen molar-refractivity contribution in [2.24, 2.45) is 11.3 Å². The summed E-state index contributed by atoms with van der Waals surface area (Å²) in [7, 11) is 1.56. The van der Waals surface area contributed by atoms with Crippen LogP contribution in [0.3, 0.4) is 0 Å². The van der Waals surface area contributed by atoms with Gasteiger partial charge in [-0.2, -0.15) is 0 Å². The van der Waals surface area contributed by atoms with Gasteiger partial charge in [0.1, 0.15) is 0 Å². The second kappa shape index (κ2) is 7.99. The van der Waals surface area contributed by atoms with Gasteiger partial charge in [0.25, 0.3) is 0 Å². The minimum absolute atomic E-state index is 0.140. The molecule has 0 bridgehead atoms. The Labute approximate surface area is 131 Å². The van der Waals surface area contributed by atoms with Crippen molar-refractivity contribution >= 4 is 0 Å². The topological polar surface area (TPSA) is 41.5 Å². The molecule has 1 rings (SSSR count). The van der Waals surface area contributed by atoms with Crippen LogP contribution < -0.4 is 5.32 Å². The molecule has 0 amide bonds. The quantitative estimate of drug-likeness (QED) is 0.773. The number of rotatable bonds is 8. The number of benzene rings is 1. The molecule has 0 spiro atoms. The molecule has 3 nitrogen and oxygen atoms in total. The van der Waals surface area contributed by atoms with Crippen LogP contribution in [-0.4, -0.2) is 31.5 Å². The molecule has 2 N–H and O–H groups in total. The summed E-state index contributed by atoms with van der Waals surface area (Å²) in [6.45, 7) is 8.74. The van der Waals surface area contributed by atoms with Gasteiger partial charge in [0.15, 0.2) is 11.6 Å². The molecule has 0 saturated carbocycles. The normalized spacial score (nSPS) is 15.1. The summed E-state index contributed by atoms with van der Waals surface area (Å²) in [5.74, 6) is -1.60. The minimum atomic E-state index is -0.873. The SMILES string of the molecule is COCC(NCC(C)(C)C(O)C(C)C)c1ccc(F)c(F)c1. The smallest absolute Gasteiger partial charge is 0.159 e. The maximum absolute atomic E-state index is 13.4. The lowest BCUT2D eigenvalue weighted by atomic mass is 9.80. The van der Waals surface area contributed by atoms with Crippen LogP contribution in [-0.2, 0) is 4.74 Å². The highest BCUT2D eigenvalue weighted by Gasteiger charge is 2.30. The Bertz CT molecular complexity index is 478. The molecule has 0 fully saturated rings. The summed E-state index contributed by atoms with van der Waals surface area (Å²) in [6.07, 6.45) is -0.465. The average Bonchev–Trinajstić information content (AvgIpc) is 2.45. The number of halogens is 2. The predicted octanol–water partition coefficient (Wildman–Crippen LogP) is 3.29. The molecule has 0 aliphatic rings. The number of hydrogen-bond donors (Lipinski definition) is 2. The fraction of sp³-hybridized carbons (Fsp3) is 0.647. The fourth-order valence-corrected chi connectivity index (χ4v) is 2.56. The Morgan fingerprint density at radius 3 is 2.36 bits per heavy atom.